The molecule has 6 N–H and O–H groups in total. The number of anilines is 1. The van der Waals surface area contributed by atoms with E-state index in [4.69, 9.17) is 5.73 Å². The topological polar surface area (TPSA) is 83.0 Å². The van der Waals surface area contributed by atoms with E-state index < -0.39 is 5.41 Å². The van der Waals surface area contributed by atoms with Crippen molar-refractivity contribution in [2.45, 2.75) is 39.5 Å². The van der Waals surface area contributed by atoms with Crippen molar-refractivity contribution in [1.29, 1.82) is 0 Å². The number of nitrogens with two attached hydrogens (primary N) is 3. The van der Waals surface area contributed by atoms with Crippen molar-refractivity contribution in [3.8, 4) is 0 Å². The van der Waals surface area contributed by atoms with Gasteiger partial charge in [0.15, 0.2) is 0 Å². The van der Waals surface area contributed by atoms with Gasteiger partial charge in [0, 0.05) is 33.3 Å². The monoisotopic (exact) mass is 720 g/mol. The van der Waals surface area contributed by atoms with Crippen LogP contribution in [0.3, 0.4) is 0 Å². The zero-order valence-corrected chi connectivity index (χ0v) is 32.4. The molecule has 55 heavy (non-hydrogen) atoms. The fraction of sp³-hybridized carbons (Fsp3) is 0.118. The molecule has 1 heterocycles. The number of hydrazine groups is 1. The number of nitrogens with zero attached hydrogens (tertiary/aromatic N) is 1. The molecule has 1 unspecified atom stereocenters. The van der Waals surface area contributed by atoms with Gasteiger partial charge in [0.05, 0.1) is 16.4 Å². The minimum absolute atomic E-state index is 0.444. The van der Waals surface area contributed by atoms with Gasteiger partial charge in [-0.05, 0) is 85.0 Å². The molecule has 0 spiro atoms. The standard InChI is InChI=1S/C36H27N.C7H8.C6H7N.C2H6.H4N2/c1-3-5-18-27(4-2)37-33-22-12-11-19-29(33)31-24-23-30-28-20-13-21-32(28)36(34(30)35(31)37,26-16-9-10-17-26)25-14-7-6-8-15-25;1-7-5-3-2-4-6-7;7-6-4-2-1-3-5-6;2*1-2/h3-16,18-19,21-24H,2,20H2,1H3;2-6H,1H3;1-5H,7H2;1-2H3;1-2H2/b5-3?,27-18+;;;;. The Labute approximate surface area is 327 Å². The number of aromatic nitrogens is 1. The van der Waals surface area contributed by atoms with E-state index in [1.165, 1.54) is 60.8 Å². The van der Waals surface area contributed by atoms with E-state index >= 15 is 0 Å². The van der Waals surface area contributed by atoms with Gasteiger partial charge in [-0.25, -0.2) is 0 Å². The summed E-state index contributed by atoms with van der Waals surface area (Å²) in [6, 6.07) is 44.1. The highest BCUT2D eigenvalue weighted by molar-refractivity contribution is 6.14. The summed E-state index contributed by atoms with van der Waals surface area (Å²) in [5.74, 6) is 8.00. The Bertz CT molecular complexity index is 2410. The summed E-state index contributed by atoms with van der Waals surface area (Å²) in [5, 5.41) is 2.52. The van der Waals surface area contributed by atoms with Crippen LogP contribution in [0, 0.1) is 6.92 Å². The van der Waals surface area contributed by atoms with Crippen molar-refractivity contribution < 1.29 is 0 Å². The van der Waals surface area contributed by atoms with Crippen LogP contribution >= 0.6 is 0 Å². The first-order valence-electron chi connectivity index (χ1n) is 18.9. The summed E-state index contributed by atoms with van der Waals surface area (Å²) in [6.07, 6.45) is 20.3. The molecule has 3 aliphatic carbocycles. The molecule has 1 atom stereocenters. The Hall–Kier alpha value is -6.42. The van der Waals surface area contributed by atoms with Gasteiger partial charge in [-0.1, -0.05) is 166 Å². The number of rotatable bonds is 5. The third-order valence-corrected chi connectivity index (χ3v) is 9.75. The lowest BCUT2D eigenvalue weighted by Crippen LogP contribution is -2.30. The average Bonchev–Trinajstić information content (AvgIpc) is 4.06. The van der Waals surface area contributed by atoms with E-state index in [0.29, 0.717) is 0 Å². The van der Waals surface area contributed by atoms with E-state index in [0.717, 1.165) is 17.8 Å². The third kappa shape index (κ3) is 7.80. The summed E-state index contributed by atoms with van der Waals surface area (Å²) in [7, 11) is 0. The van der Waals surface area contributed by atoms with Gasteiger partial charge in [0.2, 0.25) is 0 Å². The molecule has 0 fully saturated rings. The van der Waals surface area contributed by atoms with E-state index in [1.54, 1.807) is 0 Å². The molecule has 0 radical (unpaired) electrons. The second kappa shape index (κ2) is 19.1. The van der Waals surface area contributed by atoms with Crippen molar-refractivity contribution in [2.75, 3.05) is 5.73 Å². The van der Waals surface area contributed by atoms with Crippen molar-refractivity contribution >= 4 is 38.8 Å². The van der Waals surface area contributed by atoms with Gasteiger partial charge >= 0.3 is 0 Å². The number of hydrogen-bond acceptors (Lipinski definition) is 3. The molecule has 4 heteroatoms. The molecule has 4 nitrogen and oxygen atoms in total. The van der Waals surface area contributed by atoms with Crippen LogP contribution in [-0.2, 0) is 5.41 Å². The largest absolute Gasteiger partial charge is 0.399 e. The highest BCUT2D eigenvalue weighted by Crippen LogP contribution is 2.60. The first-order chi connectivity index (χ1) is 27.1. The minimum atomic E-state index is -0.444. The number of para-hydroxylation sites is 2. The highest BCUT2D eigenvalue weighted by atomic mass is 15.0. The van der Waals surface area contributed by atoms with E-state index in [2.05, 4.69) is 157 Å². The number of benzene rings is 5. The number of allylic oxidation sites excluding steroid dienone is 12. The fourth-order valence-corrected chi connectivity index (χ4v) is 7.61. The highest BCUT2D eigenvalue weighted by Gasteiger charge is 2.50. The first kappa shape index (κ1) is 39.8. The Morgan fingerprint density at radius 2 is 1.42 bits per heavy atom. The van der Waals surface area contributed by atoms with E-state index in [-0.39, 0.29) is 0 Å². The van der Waals surface area contributed by atoms with Crippen LogP contribution in [-0.4, -0.2) is 4.57 Å². The number of fused-ring (bicyclic) bond motifs is 6. The van der Waals surface area contributed by atoms with Crippen LogP contribution in [0.2, 0.25) is 0 Å². The quantitative estimate of drug-likeness (QED) is 0.0545. The molecule has 6 aromatic rings. The lowest BCUT2D eigenvalue weighted by molar-refractivity contribution is 0.768. The molecule has 0 saturated heterocycles. The van der Waals surface area contributed by atoms with Gasteiger partial charge in [0.25, 0.3) is 0 Å². The van der Waals surface area contributed by atoms with Crippen LogP contribution in [0.4, 0.5) is 5.69 Å². The average molecular weight is 721 g/mol. The Balaban J connectivity index is 0.000000267. The lowest BCUT2D eigenvalue weighted by Gasteiger charge is -2.35. The molecular formula is C51H52N4. The fourth-order valence-electron chi connectivity index (χ4n) is 7.61. The zero-order chi connectivity index (χ0) is 39.2. The summed E-state index contributed by atoms with van der Waals surface area (Å²) >= 11 is 0. The van der Waals surface area contributed by atoms with Gasteiger partial charge in [0.1, 0.15) is 0 Å². The smallest absolute Gasteiger partial charge is 0.0803 e. The third-order valence-electron chi connectivity index (χ3n) is 9.75. The van der Waals surface area contributed by atoms with Crippen molar-refractivity contribution in [3.05, 3.63) is 228 Å². The van der Waals surface area contributed by atoms with Gasteiger partial charge in [-0.15, -0.1) is 5.73 Å². The Morgan fingerprint density at radius 1 is 0.782 bits per heavy atom. The number of aryl methyl sites for hydroxylation is 1. The molecule has 0 saturated carbocycles. The summed E-state index contributed by atoms with van der Waals surface area (Å²) in [6.45, 7) is 12.4. The second-order valence-corrected chi connectivity index (χ2v) is 12.8. The molecule has 0 bridgehead atoms. The van der Waals surface area contributed by atoms with Gasteiger partial charge in [-0.3, -0.25) is 11.7 Å². The predicted molar refractivity (Wildman–Crippen MR) is 239 cm³/mol. The van der Waals surface area contributed by atoms with Crippen molar-refractivity contribution in [1.82, 2.24) is 4.57 Å². The van der Waals surface area contributed by atoms with Crippen molar-refractivity contribution in [3.63, 3.8) is 0 Å². The maximum atomic E-state index is 5.36. The summed E-state index contributed by atoms with van der Waals surface area (Å²) in [4.78, 5) is 0. The second-order valence-electron chi connectivity index (χ2n) is 12.8. The van der Waals surface area contributed by atoms with Gasteiger partial charge in [-0.2, -0.15) is 0 Å². The summed E-state index contributed by atoms with van der Waals surface area (Å²) < 4.78 is 2.42. The molecular weight excluding hydrogens is 669 g/mol. The van der Waals surface area contributed by atoms with Crippen molar-refractivity contribution in [2.24, 2.45) is 11.7 Å². The van der Waals surface area contributed by atoms with E-state index in [9.17, 15) is 0 Å². The van der Waals surface area contributed by atoms with Crippen LogP contribution in [0.15, 0.2) is 206 Å². The maximum Gasteiger partial charge on any atom is 0.0803 e. The molecule has 0 amide bonds. The SMILES string of the molecule is C=C/C(=C\C=CC)n1c2ccccc2c2ccc3c(c21)C(C1=C=CC=C1)(c1ccccc1)C1=C3CC=C1.CC.Cc1ccccc1.NN.Nc1ccccc1. The summed E-state index contributed by atoms with van der Waals surface area (Å²) in [5.41, 5.74) is 22.1. The number of nitrogen functional groups attached to an aromatic ring is 1. The maximum absolute atomic E-state index is 5.36. The van der Waals surface area contributed by atoms with Crippen LogP contribution in [0.25, 0.3) is 33.1 Å². The molecule has 5 aromatic carbocycles. The Kier molecular flexibility index (Phi) is 13.8. The molecule has 3 aliphatic rings. The molecule has 1 aromatic heterocycles. The minimum Gasteiger partial charge on any atom is -0.399 e. The van der Waals surface area contributed by atoms with Crippen LogP contribution in [0.5, 0.6) is 0 Å². The normalized spacial score (nSPS) is 15.9. The van der Waals surface area contributed by atoms with Crippen LogP contribution in [0.1, 0.15) is 49.4 Å². The predicted octanol–water partition coefficient (Wildman–Crippen LogP) is 12.2. The number of hydrogen-bond donors (Lipinski definition) is 3. The Morgan fingerprint density at radius 3 is 1.98 bits per heavy atom. The van der Waals surface area contributed by atoms with Crippen LogP contribution < -0.4 is 17.4 Å². The molecule has 276 valence electrons. The van der Waals surface area contributed by atoms with E-state index in [1.807, 2.05) is 81.5 Å². The first-order valence-corrected chi connectivity index (χ1v) is 18.9. The van der Waals surface area contributed by atoms with Gasteiger partial charge < -0.3 is 10.3 Å². The lowest BCUT2D eigenvalue weighted by atomic mass is 9.66. The molecule has 9 rings (SSSR count). The molecule has 0 aliphatic heterocycles. The zero-order valence-electron chi connectivity index (χ0n) is 32.4.